The first-order chi connectivity index (χ1) is 12.0. The number of hydrogen-bond donors (Lipinski definition) is 2. The van der Waals surface area contributed by atoms with Crippen LogP contribution in [0.2, 0.25) is 0 Å². The van der Waals surface area contributed by atoms with E-state index in [4.69, 9.17) is 19.3 Å². The third-order valence-corrected chi connectivity index (χ3v) is 3.85. The van der Waals surface area contributed by atoms with Gasteiger partial charge in [0.1, 0.15) is 18.8 Å². The predicted molar refractivity (Wildman–Crippen MR) is 86.3 cm³/mol. The SMILES string of the molecule is C=CC(=O)OCCCC(=O)OC1CCCCC1C(=O)OCC(O)CO. The van der Waals surface area contributed by atoms with Gasteiger partial charge in [0.2, 0.25) is 0 Å². The Labute approximate surface area is 146 Å². The van der Waals surface area contributed by atoms with Gasteiger partial charge in [-0.3, -0.25) is 9.59 Å². The van der Waals surface area contributed by atoms with E-state index < -0.39 is 42.6 Å². The van der Waals surface area contributed by atoms with Gasteiger partial charge in [-0.2, -0.15) is 0 Å². The lowest BCUT2D eigenvalue weighted by Crippen LogP contribution is -2.37. The molecule has 0 spiro atoms. The lowest BCUT2D eigenvalue weighted by molar-refractivity contribution is -0.167. The maximum atomic E-state index is 12.1. The molecule has 0 aromatic carbocycles. The van der Waals surface area contributed by atoms with Gasteiger partial charge in [-0.1, -0.05) is 13.0 Å². The van der Waals surface area contributed by atoms with Crippen LogP contribution in [0.4, 0.5) is 0 Å². The number of aliphatic hydroxyl groups excluding tert-OH is 2. The highest BCUT2D eigenvalue weighted by Gasteiger charge is 2.35. The molecule has 0 amide bonds. The van der Waals surface area contributed by atoms with E-state index in [9.17, 15) is 19.5 Å². The lowest BCUT2D eigenvalue weighted by atomic mass is 9.86. The van der Waals surface area contributed by atoms with Crippen LogP contribution in [0.5, 0.6) is 0 Å². The third kappa shape index (κ3) is 8.13. The van der Waals surface area contributed by atoms with E-state index in [1.165, 1.54) is 0 Å². The number of aliphatic hydroxyl groups is 2. The van der Waals surface area contributed by atoms with E-state index in [1.807, 2.05) is 0 Å². The Bertz CT molecular complexity index is 462. The summed E-state index contributed by atoms with van der Waals surface area (Å²) in [5, 5.41) is 18.0. The van der Waals surface area contributed by atoms with Crippen LogP contribution in [-0.4, -0.2) is 60.1 Å². The topological polar surface area (TPSA) is 119 Å². The zero-order valence-corrected chi connectivity index (χ0v) is 14.2. The van der Waals surface area contributed by atoms with Gasteiger partial charge in [0.15, 0.2) is 0 Å². The van der Waals surface area contributed by atoms with Gasteiger partial charge in [0.05, 0.1) is 19.1 Å². The molecule has 1 saturated carbocycles. The molecule has 0 saturated heterocycles. The van der Waals surface area contributed by atoms with Crippen LogP contribution in [0.1, 0.15) is 38.5 Å². The highest BCUT2D eigenvalue weighted by Crippen LogP contribution is 2.28. The Morgan fingerprint density at radius 3 is 2.60 bits per heavy atom. The predicted octanol–water partition coefficient (Wildman–Crippen LogP) is 0.494. The van der Waals surface area contributed by atoms with E-state index in [1.54, 1.807) is 0 Å². The molecule has 1 aliphatic rings. The van der Waals surface area contributed by atoms with Crippen molar-refractivity contribution in [3.05, 3.63) is 12.7 Å². The fourth-order valence-electron chi connectivity index (χ4n) is 2.52. The molecule has 8 heteroatoms. The minimum Gasteiger partial charge on any atom is -0.463 e. The average molecular weight is 358 g/mol. The van der Waals surface area contributed by atoms with Gasteiger partial charge in [-0.25, -0.2) is 4.79 Å². The summed E-state index contributed by atoms with van der Waals surface area (Å²) in [7, 11) is 0. The number of rotatable bonds is 10. The summed E-state index contributed by atoms with van der Waals surface area (Å²) in [5.41, 5.74) is 0. The Hall–Kier alpha value is -1.93. The summed E-state index contributed by atoms with van der Waals surface area (Å²) in [6.45, 7) is 2.58. The molecule has 0 bridgehead atoms. The summed E-state index contributed by atoms with van der Waals surface area (Å²) in [6.07, 6.45) is 2.55. The molecular formula is C17H26O8. The molecule has 25 heavy (non-hydrogen) atoms. The molecule has 3 unspecified atom stereocenters. The molecule has 1 aliphatic carbocycles. The molecule has 1 fully saturated rings. The number of esters is 3. The van der Waals surface area contributed by atoms with Crippen molar-refractivity contribution in [3.63, 3.8) is 0 Å². The highest BCUT2D eigenvalue weighted by atomic mass is 16.6. The van der Waals surface area contributed by atoms with Crippen LogP contribution in [-0.2, 0) is 28.6 Å². The number of carbonyl (C=O) groups is 3. The molecule has 0 radical (unpaired) electrons. The van der Waals surface area contributed by atoms with Crippen LogP contribution in [0.3, 0.4) is 0 Å². The van der Waals surface area contributed by atoms with Crippen molar-refractivity contribution in [2.24, 2.45) is 5.92 Å². The van der Waals surface area contributed by atoms with Crippen LogP contribution in [0.15, 0.2) is 12.7 Å². The first-order valence-electron chi connectivity index (χ1n) is 8.42. The van der Waals surface area contributed by atoms with E-state index in [0.717, 1.165) is 18.9 Å². The van der Waals surface area contributed by atoms with E-state index in [-0.39, 0.29) is 19.6 Å². The summed E-state index contributed by atoms with van der Waals surface area (Å²) < 4.78 is 15.1. The quantitative estimate of drug-likeness (QED) is 0.251. The number of hydrogen-bond acceptors (Lipinski definition) is 8. The summed E-state index contributed by atoms with van der Waals surface area (Å²) in [6, 6.07) is 0. The highest BCUT2D eigenvalue weighted by molar-refractivity contribution is 5.81. The molecule has 0 aliphatic heterocycles. The second-order valence-corrected chi connectivity index (χ2v) is 5.86. The number of carbonyl (C=O) groups excluding carboxylic acids is 3. The standard InChI is InChI=1S/C17H26O8/c1-2-15(20)23-9-5-8-16(21)25-14-7-4-3-6-13(14)17(22)24-11-12(19)10-18/h2,12-14,18-19H,1,3-11H2. The second-order valence-electron chi connectivity index (χ2n) is 5.86. The summed E-state index contributed by atoms with van der Waals surface area (Å²) in [5.74, 6) is -2.12. The van der Waals surface area contributed by atoms with Gasteiger partial charge in [-0.15, -0.1) is 0 Å². The minimum absolute atomic E-state index is 0.0753. The smallest absolute Gasteiger partial charge is 0.330 e. The van der Waals surface area contributed by atoms with Gasteiger partial charge in [-0.05, 0) is 25.7 Å². The van der Waals surface area contributed by atoms with Crippen molar-refractivity contribution in [3.8, 4) is 0 Å². The van der Waals surface area contributed by atoms with Crippen molar-refractivity contribution in [1.29, 1.82) is 0 Å². The fourth-order valence-corrected chi connectivity index (χ4v) is 2.52. The van der Waals surface area contributed by atoms with Crippen molar-refractivity contribution >= 4 is 17.9 Å². The van der Waals surface area contributed by atoms with Gasteiger partial charge in [0.25, 0.3) is 0 Å². The van der Waals surface area contributed by atoms with Crippen molar-refractivity contribution in [1.82, 2.24) is 0 Å². The normalized spacial score (nSPS) is 21.0. The van der Waals surface area contributed by atoms with Crippen molar-refractivity contribution in [2.75, 3.05) is 19.8 Å². The molecule has 3 atom stereocenters. The van der Waals surface area contributed by atoms with Gasteiger partial charge in [0, 0.05) is 12.5 Å². The average Bonchev–Trinajstić information content (AvgIpc) is 2.63. The largest absolute Gasteiger partial charge is 0.463 e. The van der Waals surface area contributed by atoms with Gasteiger partial charge < -0.3 is 24.4 Å². The first kappa shape index (κ1) is 21.1. The molecule has 2 N–H and O–H groups in total. The van der Waals surface area contributed by atoms with E-state index >= 15 is 0 Å². The van der Waals surface area contributed by atoms with Crippen LogP contribution in [0.25, 0.3) is 0 Å². The maximum Gasteiger partial charge on any atom is 0.330 e. The molecule has 142 valence electrons. The second kappa shape index (κ2) is 11.6. The monoisotopic (exact) mass is 358 g/mol. The summed E-state index contributed by atoms with van der Waals surface area (Å²) in [4.78, 5) is 34.9. The molecule has 0 aromatic rings. The Morgan fingerprint density at radius 1 is 1.20 bits per heavy atom. The van der Waals surface area contributed by atoms with Gasteiger partial charge >= 0.3 is 17.9 Å². The van der Waals surface area contributed by atoms with E-state index in [0.29, 0.717) is 19.3 Å². The zero-order chi connectivity index (χ0) is 18.7. The van der Waals surface area contributed by atoms with Crippen LogP contribution >= 0.6 is 0 Å². The minimum atomic E-state index is -1.12. The van der Waals surface area contributed by atoms with Crippen LogP contribution < -0.4 is 0 Å². The molecule has 8 nitrogen and oxygen atoms in total. The number of ether oxygens (including phenoxy) is 3. The lowest BCUT2D eigenvalue weighted by Gasteiger charge is -2.29. The zero-order valence-electron chi connectivity index (χ0n) is 14.2. The van der Waals surface area contributed by atoms with Crippen LogP contribution in [0, 0.1) is 5.92 Å². The molecular weight excluding hydrogens is 332 g/mol. The first-order valence-corrected chi connectivity index (χ1v) is 8.42. The maximum absolute atomic E-state index is 12.1. The molecule has 0 aromatic heterocycles. The van der Waals surface area contributed by atoms with Crippen molar-refractivity contribution in [2.45, 2.75) is 50.7 Å². The van der Waals surface area contributed by atoms with Crippen molar-refractivity contribution < 1.29 is 38.8 Å². The fraction of sp³-hybridized carbons (Fsp3) is 0.706. The molecule has 1 rings (SSSR count). The molecule has 0 heterocycles. The summed E-state index contributed by atoms with van der Waals surface area (Å²) >= 11 is 0. The Kier molecular flexibility index (Phi) is 9.79. The third-order valence-electron chi connectivity index (χ3n) is 3.85. The van der Waals surface area contributed by atoms with E-state index in [2.05, 4.69) is 6.58 Å². The Morgan fingerprint density at radius 2 is 1.92 bits per heavy atom. The Balaban J connectivity index is 2.39.